The van der Waals surface area contributed by atoms with E-state index in [0.717, 1.165) is 55.2 Å². The van der Waals surface area contributed by atoms with Crippen LogP contribution in [0.3, 0.4) is 0 Å². The van der Waals surface area contributed by atoms with Crippen molar-refractivity contribution in [2.75, 3.05) is 58.0 Å². The molecule has 0 saturated carbocycles. The lowest BCUT2D eigenvalue weighted by atomic mass is 10.3. The van der Waals surface area contributed by atoms with Crippen LogP contribution in [-0.2, 0) is 9.53 Å². The summed E-state index contributed by atoms with van der Waals surface area (Å²) in [5.41, 5.74) is 0.843. The number of hydrogen-bond acceptors (Lipinski definition) is 7. The molecule has 1 saturated heterocycles. The molecule has 0 spiro atoms. The van der Waals surface area contributed by atoms with Gasteiger partial charge in [-0.25, -0.2) is 4.98 Å². The Bertz CT molecular complexity index is 1040. The number of thiazole rings is 1. The molecule has 3 aromatic rings. The number of fused-ring (bicyclic) bond motifs is 1. The average molecular weight is 476 g/mol. The van der Waals surface area contributed by atoms with Gasteiger partial charge in [0, 0.05) is 31.2 Å². The van der Waals surface area contributed by atoms with Gasteiger partial charge in [0.2, 0.25) is 0 Å². The maximum Gasteiger partial charge on any atom is 0.266 e. The topological polar surface area (TPSA) is 64.1 Å². The number of benzene rings is 2. The number of carbonyl (C=O) groups is 1. The Morgan fingerprint density at radius 1 is 1.19 bits per heavy atom. The van der Waals surface area contributed by atoms with Crippen molar-refractivity contribution in [3.63, 3.8) is 0 Å². The number of rotatable bonds is 9. The molecule has 2 aromatic carbocycles. The molecule has 7 nitrogen and oxygen atoms in total. The zero-order valence-corrected chi connectivity index (χ0v) is 19.5. The maximum atomic E-state index is 13.1. The van der Waals surface area contributed by atoms with Crippen LogP contribution in [0.25, 0.3) is 10.2 Å². The highest BCUT2D eigenvalue weighted by Crippen LogP contribution is 2.31. The van der Waals surface area contributed by atoms with Crippen LogP contribution in [0, 0.1) is 0 Å². The van der Waals surface area contributed by atoms with Crippen LogP contribution >= 0.6 is 22.9 Å². The summed E-state index contributed by atoms with van der Waals surface area (Å²) in [7, 11) is 1.64. The molecule has 0 bridgehead atoms. The van der Waals surface area contributed by atoms with E-state index < -0.39 is 0 Å². The summed E-state index contributed by atoms with van der Waals surface area (Å²) >= 11 is 7.41. The van der Waals surface area contributed by atoms with Crippen LogP contribution in [0.1, 0.15) is 6.42 Å². The van der Waals surface area contributed by atoms with E-state index in [4.69, 9.17) is 30.8 Å². The van der Waals surface area contributed by atoms with Gasteiger partial charge < -0.3 is 14.2 Å². The molecule has 1 aliphatic heterocycles. The second kappa shape index (κ2) is 11.0. The van der Waals surface area contributed by atoms with Gasteiger partial charge in [0.15, 0.2) is 11.7 Å². The van der Waals surface area contributed by atoms with E-state index in [2.05, 4.69) is 4.90 Å². The molecular weight excluding hydrogens is 450 g/mol. The molecule has 0 atom stereocenters. The first kappa shape index (κ1) is 22.8. The molecule has 0 unspecified atom stereocenters. The Morgan fingerprint density at radius 2 is 1.94 bits per heavy atom. The summed E-state index contributed by atoms with van der Waals surface area (Å²) in [6, 6.07) is 12.7. The Kier molecular flexibility index (Phi) is 7.81. The van der Waals surface area contributed by atoms with Gasteiger partial charge in [0.05, 0.1) is 30.5 Å². The normalized spacial score (nSPS) is 14.4. The molecule has 170 valence electrons. The lowest BCUT2D eigenvalue weighted by Gasteiger charge is -2.27. The summed E-state index contributed by atoms with van der Waals surface area (Å²) in [6.07, 6.45) is 0.839. The first-order valence-electron chi connectivity index (χ1n) is 10.6. The molecule has 0 N–H and O–H groups in total. The molecule has 1 amide bonds. The van der Waals surface area contributed by atoms with Gasteiger partial charge in [-0.15, -0.1) is 0 Å². The molecular formula is C23H26ClN3O4S. The van der Waals surface area contributed by atoms with Crippen LogP contribution in [0.15, 0.2) is 42.5 Å². The summed E-state index contributed by atoms with van der Waals surface area (Å²) < 4.78 is 17.4. The van der Waals surface area contributed by atoms with Crippen molar-refractivity contribution in [2.45, 2.75) is 6.42 Å². The van der Waals surface area contributed by atoms with Gasteiger partial charge in [-0.1, -0.05) is 22.9 Å². The van der Waals surface area contributed by atoms with Crippen molar-refractivity contribution in [1.29, 1.82) is 0 Å². The van der Waals surface area contributed by atoms with Gasteiger partial charge >= 0.3 is 0 Å². The largest absolute Gasteiger partial charge is 0.497 e. The zero-order chi connectivity index (χ0) is 22.3. The highest BCUT2D eigenvalue weighted by molar-refractivity contribution is 7.22. The Labute approximate surface area is 196 Å². The first-order chi connectivity index (χ1) is 15.6. The van der Waals surface area contributed by atoms with E-state index in [0.29, 0.717) is 22.4 Å². The minimum absolute atomic E-state index is 0.0710. The quantitative estimate of drug-likeness (QED) is 0.464. The molecule has 4 rings (SSSR count). The maximum absolute atomic E-state index is 13.1. The molecule has 1 aromatic heterocycles. The predicted molar refractivity (Wildman–Crippen MR) is 127 cm³/mol. The molecule has 1 fully saturated rings. The smallest absolute Gasteiger partial charge is 0.266 e. The molecule has 1 aliphatic rings. The van der Waals surface area contributed by atoms with E-state index in [9.17, 15) is 4.79 Å². The third kappa shape index (κ3) is 5.89. The number of anilines is 1. The number of nitrogens with zero attached hydrogens (tertiary/aromatic N) is 3. The highest BCUT2D eigenvalue weighted by atomic mass is 35.5. The second-order valence-corrected chi connectivity index (χ2v) is 8.87. The lowest BCUT2D eigenvalue weighted by Crippen LogP contribution is -2.40. The van der Waals surface area contributed by atoms with Crippen molar-refractivity contribution in [3.8, 4) is 11.5 Å². The zero-order valence-electron chi connectivity index (χ0n) is 18.0. The average Bonchev–Trinajstić information content (AvgIpc) is 3.24. The molecule has 2 heterocycles. The minimum Gasteiger partial charge on any atom is -0.497 e. The van der Waals surface area contributed by atoms with Crippen LogP contribution in [-0.4, -0.2) is 68.9 Å². The van der Waals surface area contributed by atoms with Crippen molar-refractivity contribution in [1.82, 2.24) is 9.88 Å². The summed E-state index contributed by atoms with van der Waals surface area (Å²) in [6.45, 7) is 4.77. The number of hydrogen-bond donors (Lipinski definition) is 0. The molecule has 0 radical (unpaired) electrons. The van der Waals surface area contributed by atoms with Crippen molar-refractivity contribution >= 4 is 44.2 Å². The summed E-state index contributed by atoms with van der Waals surface area (Å²) in [4.78, 5) is 21.9. The van der Waals surface area contributed by atoms with Crippen molar-refractivity contribution in [3.05, 3.63) is 47.5 Å². The van der Waals surface area contributed by atoms with Gasteiger partial charge in [-0.2, -0.15) is 0 Å². The van der Waals surface area contributed by atoms with Gasteiger partial charge in [-0.05, 0) is 48.9 Å². The van der Waals surface area contributed by atoms with E-state index in [-0.39, 0.29) is 12.5 Å². The fourth-order valence-corrected chi connectivity index (χ4v) is 4.66. The van der Waals surface area contributed by atoms with E-state index in [1.165, 1.54) is 11.3 Å². The van der Waals surface area contributed by atoms with Gasteiger partial charge in [-0.3, -0.25) is 14.6 Å². The van der Waals surface area contributed by atoms with Crippen LogP contribution in [0.4, 0.5) is 5.13 Å². The number of amides is 1. The monoisotopic (exact) mass is 475 g/mol. The van der Waals surface area contributed by atoms with Crippen molar-refractivity contribution in [2.24, 2.45) is 0 Å². The Balaban J connectivity index is 1.47. The summed E-state index contributed by atoms with van der Waals surface area (Å²) in [5.74, 6) is 1.24. The van der Waals surface area contributed by atoms with Gasteiger partial charge in [0.1, 0.15) is 11.5 Å². The Hall–Kier alpha value is -2.39. The fraction of sp³-hybridized carbons (Fsp3) is 0.391. The number of carbonyl (C=O) groups excluding carboxylic acids is 1. The lowest BCUT2D eigenvalue weighted by molar-refractivity contribution is -0.120. The number of ether oxygens (including phenoxy) is 3. The second-order valence-electron chi connectivity index (χ2n) is 7.43. The van der Waals surface area contributed by atoms with Crippen LogP contribution in [0.5, 0.6) is 11.5 Å². The van der Waals surface area contributed by atoms with Crippen LogP contribution in [0.2, 0.25) is 5.02 Å². The third-order valence-electron chi connectivity index (χ3n) is 5.25. The van der Waals surface area contributed by atoms with E-state index in [1.54, 1.807) is 36.3 Å². The molecule has 0 aliphatic carbocycles. The SMILES string of the molecule is COc1ccc2nc(N(CCCN3CCOCC3)C(=O)COc3ccc(Cl)cc3)sc2c1. The summed E-state index contributed by atoms with van der Waals surface area (Å²) in [5, 5.41) is 1.29. The third-order valence-corrected chi connectivity index (χ3v) is 6.55. The van der Waals surface area contributed by atoms with Crippen LogP contribution < -0.4 is 14.4 Å². The number of halogens is 1. The minimum atomic E-state index is -0.132. The first-order valence-corrected chi connectivity index (χ1v) is 11.8. The van der Waals surface area contributed by atoms with Crippen molar-refractivity contribution < 1.29 is 19.0 Å². The fourth-order valence-electron chi connectivity index (χ4n) is 3.49. The number of methoxy groups -OCH3 is 1. The van der Waals surface area contributed by atoms with E-state index >= 15 is 0 Å². The predicted octanol–water partition coefficient (Wildman–Crippen LogP) is 4.09. The number of aromatic nitrogens is 1. The number of morpholine rings is 1. The Morgan fingerprint density at radius 3 is 2.69 bits per heavy atom. The standard InChI is InChI=1S/C23H26ClN3O4S/c1-29-19-7-8-20-21(15-19)32-23(25-20)27(10-2-9-26-11-13-30-14-12-26)22(28)16-31-18-5-3-17(24)4-6-18/h3-8,15H,2,9-14,16H2,1H3. The molecule has 32 heavy (non-hydrogen) atoms. The van der Waals surface area contributed by atoms with E-state index in [1.807, 2.05) is 18.2 Å². The van der Waals surface area contributed by atoms with Gasteiger partial charge in [0.25, 0.3) is 5.91 Å². The highest BCUT2D eigenvalue weighted by Gasteiger charge is 2.21. The molecule has 9 heteroatoms.